The molecule has 1 heterocycles. The zero-order chi connectivity index (χ0) is 24.7. The van der Waals surface area contributed by atoms with E-state index in [-0.39, 0.29) is 51.1 Å². The minimum absolute atomic E-state index is 0.0651. The lowest BCUT2D eigenvalue weighted by Gasteiger charge is -2.45. The number of likely N-dealkylation sites (tertiary alicyclic amines) is 1. The lowest BCUT2D eigenvalue weighted by molar-refractivity contribution is -0.149. The normalized spacial score (nSPS) is 16.1. The first-order chi connectivity index (χ1) is 15.2. The highest BCUT2D eigenvalue weighted by molar-refractivity contribution is 6.48. The third kappa shape index (κ3) is 5.36. The largest absolute Gasteiger partial charge is 0.417 e. The fraction of sp³-hybridized carbons (Fsp3) is 0.304. The summed E-state index contributed by atoms with van der Waals surface area (Å²) in [4.78, 5) is 25.9. The Bertz CT molecular complexity index is 1100. The molecular weight excluding hydrogens is 505 g/mol. The fourth-order valence-electron chi connectivity index (χ4n) is 3.45. The number of rotatable bonds is 5. The van der Waals surface area contributed by atoms with Crippen molar-refractivity contribution in [2.75, 3.05) is 13.1 Å². The van der Waals surface area contributed by atoms with Crippen molar-refractivity contribution < 1.29 is 27.2 Å². The molecule has 0 bridgehead atoms. The Kier molecular flexibility index (Phi) is 7.18. The van der Waals surface area contributed by atoms with Crippen LogP contribution < -0.4 is 0 Å². The predicted molar refractivity (Wildman–Crippen MR) is 120 cm³/mol. The predicted octanol–water partition coefficient (Wildman–Crippen LogP) is 7.14. The van der Waals surface area contributed by atoms with Crippen molar-refractivity contribution in [2.45, 2.75) is 25.7 Å². The number of alkyl halides is 4. The van der Waals surface area contributed by atoms with Gasteiger partial charge in [0.2, 0.25) is 5.91 Å². The number of nitrogens with zero attached hydrogens (tertiary/aromatic N) is 1. The van der Waals surface area contributed by atoms with Gasteiger partial charge in [0.1, 0.15) is 0 Å². The number of hydrogen-bond acceptors (Lipinski definition) is 2. The molecule has 33 heavy (non-hydrogen) atoms. The van der Waals surface area contributed by atoms with Crippen LogP contribution in [0.4, 0.5) is 17.6 Å². The number of allylic oxidation sites excluding steroid dienone is 2. The molecule has 2 aromatic carbocycles. The maximum atomic E-state index is 15.1. The number of benzene rings is 2. The molecule has 0 atom stereocenters. The Labute approximate surface area is 202 Å². The molecule has 1 fully saturated rings. The molecule has 176 valence electrons. The van der Waals surface area contributed by atoms with Gasteiger partial charge in [-0.3, -0.25) is 9.59 Å². The molecular formula is C23H18Cl3F4NO2. The molecule has 1 amide bonds. The summed E-state index contributed by atoms with van der Waals surface area (Å²) in [5.74, 6) is -1.36. The summed E-state index contributed by atoms with van der Waals surface area (Å²) in [7, 11) is 0. The number of carbonyl (C=O) groups is 2. The van der Waals surface area contributed by atoms with E-state index in [2.05, 4.69) is 0 Å². The highest BCUT2D eigenvalue weighted by Gasteiger charge is 2.47. The second kappa shape index (κ2) is 9.28. The summed E-state index contributed by atoms with van der Waals surface area (Å²) in [6.07, 6.45) is -4.44. The van der Waals surface area contributed by atoms with Crippen molar-refractivity contribution in [1.82, 2.24) is 4.90 Å². The summed E-state index contributed by atoms with van der Waals surface area (Å²) >= 11 is 17.5. The standard InChI is InChI=1S/C23H18Cl3F4NO2/c1-12(2)21(33)31-10-22(27,11-31)15-5-3-13(4-6-15)19(32)9-16(23(28,29)30)14-7-17(24)20(26)18(25)8-14/h3-9,12H,10-11H2,1-2H3/b16-9+. The van der Waals surface area contributed by atoms with Crippen molar-refractivity contribution in [1.29, 1.82) is 0 Å². The second-order valence-corrected chi connectivity index (χ2v) is 9.26. The Morgan fingerprint density at radius 3 is 1.97 bits per heavy atom. The molecule has 1 aliphatic heterocycles. The van der Waals surface area contributed by atoms with Gasteiger partial charge >= 0.3 is 6.18 Å². The summed E-state index contributed by atoms with van der Waals surface area (Å²) in [6.45, 7) is 3.20. The van der Waals surface area contributed by atoms with Crippen LogP contribution >= 0.6 is 34.8 Å². The van der Waals surface area contributed by atoms with Crippen LogP contribution in [-0.2, 0) is 10.5 Å². The molecule has 0 radical (unpaired) electrons. The molecule has 10 heteroatoms. The molecule has 2 aromatic rings. The lowest BCUT2D eigenvalue weighted by Crippen LogP contribution is -2.59. The second-order valence-electron chi connectivity index (χ2n) is 8.07. The molecule has 0 spiro atoms. The maximum Gasteiger partial charge on any atom is 0.417 e. The van der Waals surface area contributed by atoms with Crippen LogP contribution in [0.5, 0.6) is 0 Å². The van der Waals surface area contributed by atoms with Gasteiger partial charge in [0.15, 0.2) is 11.5 Å². The van der Waals surface area contributed by atoms with E-state index < -0.39 is 28.8 Å². The van der Waals surface area contributed by atoms with Crippen LogP contribution in [0.1, 0.15) is 35.3 Å². The van der Waals surface area contributed by atoms with Crippen molar-refractivity contribution in [3.05, 3.63) is 74.2 Å². The van der Waals surface area contributed by atoms with E-state index >= 15 is 4.39 Å². The number of halogens is 7. The first-order valence-electron chi connectivity index (χ1n) is 9.79. The molecule has 0 unspecified atom stereocenters. The van der Waals surface area contributed by atoms with Crippen molar-refractivity contribution in [3.63, 3.8) is 0 Å². The average molecular weight is 523 g/mol. The highest BCUT2D eigenvalue weighted by atomic mass is 35.5. The number of amides is 1. The molecule has 3 nitrogen and oxygen atoms in total. The zero-order valence-electron chi connectivity index (χ0n) is 17.4. The number of hydrogen-bond donors (Lipinski definition) is 0. The summed E-state index contributed by atoms with van der Waals surface area (Å²) in [5.41, 5.74) is -3.26. The first kappa shape index (κ1) is 25.5. The Balaban J connectivity index is 1.85. The smallest absolute Gasteiger partial charge is 0.335 e. The molecule has 0 aliphatic carbocycles. The minimum atomic E-state index is -4.88. The van der Waals surface area contributed by atoms with Gasteiger partial charge in [0.25, 0.3) is 0 Å². The van der Waals surface area contributed by atoms with Crippen LogP contribution in [0.25, 0.3) is 5.57 Å². The number of carbonyl (C=O) groups excluding carboxylic acids is 2. The maximum absolute atomic E-state index is 15.1. The summed E-state index contributed by atoms with van der Waals surface area (Å²) < 4.78 is 56.0. The van der Waals surface area contributed by atoms with E-state index in [9.17, 15) is 22.8 Å². The monoisotopic (exact) mass is 521 g/mol. The van der Waals surface area contributed by atoms with E-state index in [1.807, 2.05) is 0 Å². The van der Waals surface area contributed by atoms with Gasteiger partial charge in [-0.2, -0.15) is 13.2 Å². The van der Waals surface area contributed by atoms with Gasteiger partial charge in [-0.25, -0.2) is 4.39 Å². The third-order valence-electron chi connectivity index (χ3n) is 5.25. The molecule has 0 saturated carbocycles. The van der Waals surface area contributed by atoms with Crippen molar-refractivity contribution in [3.8, 4) is 0 Å². The van der Waals surface area contributed by atoms with E-state index in [4.69, 9.17) is 34.8 Å². The van der Waals surface area contributed by atoms with E-state index in [1.54, 1.807) is 13.8 Å². The van der Waals surface area contributed by atoms with Gasteiger partial charge in [-0.1, -0.05) is 72.9 Å². The van der Waals surface area contributed by atoms with E-state index in [0.29, 0.717) is 6.08 Å². The summed E-state index contributed by atoms with van der Waals surface area (Å²) in [6, 6.07) is 7.11. The highest BCUT2D eigenvalue weighted by Crippen LogP contribution is 2.40. The van der Waals surface area contributed by atoms with Crippen LogP contribution in [0, 0.1) is 5.92 Å². The molecule has 1 saturated heterocycles. The van der Waals surface area contributed by atoms with Gasteiger partial charge in [-0.05, 0) is 29.3 Å². The van der Waals surface area contributed by atoms with Crippen molar-refractivity contribution in [2.24, 2.45) is 5.92 Å². The topological polar surface area (TPSA) is 37.4 Å². The Hall–Kier alpha value is -2.09. The van der Waals surface area contributed by atoms with Gasteiger partial charge in [0.05, 0.1) is 33.7 Å². The first-order valence-corrected chi connectivity index (χ1v) is 10.9. The van der Waals surface area contributed by atoms with Crippen molar-refractivity contribution >= 4 is 52.1 Å². The quantitative estimate of drug-likeness (QED) is 0.181. The van der Waals surface area contributed by atoms with Crippen LogP contribution in [0.3, 0.4) is 0 Å². The Morgan fingerprint density at radius 2 is 1.52 bits per heavy atom. The van der Waals surface area contributed by atoms with Crippen LogP contribution in [-0.4, -0.2) is 35.9 Å². The van der Waals surface area contributed by atoms with Gasteiger partial charge in [-0.15, -0.1) is 0 Å². The van der Waals surface area contributed by atoms with E-state index in [0.717, 1.165) is 12.1 Å². The summed E-state index contributed by atoms with van der Waals surface area (Å²) in [5, 5.41) is -0.481. The molecule has 0 aromatic heterocycles. The SMILES string of the molecule is CC(C)C(=O)N1CC(F)(c2ccc(C(=O)/C=C(\c3cc(Cl)c(Cl)c(Cl)c3)C(F)(F)F)cc2)C1. The molecule has 1 aliphatic rings. The Morgan fingerprint density at radius 1 is 1.00 bits per heavy atom. The molecule has 3 rings (SSSR count). The van der Waals surface area contributed by atoms with Gasteiger partial charge in [0, 0.05) is 11.5 Å². The van der Waals surface area contributed by atoms with E-state index in [1.165, 1.54) is 29.2 Å². The minimum Gasteiger partial charge on any atom is -0.335 e. The van der Waals surface area contributed by atoms with Gasteiger partial charge < -0.3 is 4.90 Å². The fourth-order valence-corrected chi connectivity index (χ4v) is 4.05. The lowest BCUT2D eigenvalue weighted by atomic mass is 9.86. The average Bonchev–Trinajstić information content (AvgIpc) is 2.71. The zero-order valence-corrected chi connectivity index (χ0v) is 19.7. The molecule has 0 N–H and O–H groups in total. The number of ketones is 1. The van der Waals surface area contributed by atoms with Crippen LogP contribution in [0.2, 0.25) is 15.1 Å². The van der Waals surface area contributed by atoms with Crippen LogP contribution in [0.15, 0.2) is 42.5 Å². The third-order valence-corrected chi connectivity index (χ3v) is 6.45.